The molecule has 3 rings (SSSR count). The number of rotatable bonds is 12. The highest BCUT2D eigenvalue weighted by Crippen LogP contribution is 2.43. The molecule has 3 aromatic carbocycles. The number of carbonyl (C=O) groups is 2. The summed E-state index contributed by atoms with van der Waals surface area (Å²) in [6, 6.07) is 13.3. The molecule has 0 fully saturated rings. The van der Waals surface area contributed by atoms with Gasteiger partial charge in [0.05, 0.1) is 27.4 Å². The molecule has 0 amide bonds. The lowest BCUT2D eigenvalue weighted by Crippen LogP contribution is -2.05. The van der Waals surface area contributed by atoms with Crippen molar-refractivity contribution in [2.45, 2.75) is 26.7 Å². The molecule has 8 heteroatoms. The summed E-state index contributed by atoms with van der Waals surface area (Å²) in [5.41, 5.74) is 2.91. The van der Waals surface area contributed by atoms with E-state index >= 15 is 0 Å². The Balaban J connectivity index is 2.14. The predicted molar refractivity (Wildman–Crippen MR) is 136 cm³/mol. The first-order chi connectivity index (χ1) is 17.3. The minimum absolute atomic E-state index is 0.0767. The standard InChI is InChI=1S/C28H30O8/c1-5-11-35-25-13-17(7-9-19(25)27(29)30)21-15-24(34-4)22(16-23(21)33-3)18-8-10-20(28(31)32)26(14-18)36-12-6-2/h7-10,13-16H,5-6,11-12H2,1-4H3,(H,29,30)(H,31,32). The number of benzene rings is 3. The third-order valence-electron chi connectivity index (χ3n) is 5.49. The monoisotopic (exact) mass is 494 g/mol. The van der Waals surface area contributed by atoms with Gasteiger partial charge in [0, 0.05) is 11.1 Å². The van der Waals surface area contributed by atoms with Crippen molar-refractivity contribution in [2.24, 2.45) is 0 Å². The second-order valence-corrected chi connectivity index (χ2v) is 7.98. The van der Waals surface area contributed by atoms with Crippen LogP contribution in [0.2, 0.25) is 0 Å². The Morgan fingerprint density at radius 2 is 1.03 bits per heavy atom. The van der Waals surface area contributed by atoms with E-state index in [4.69, 9.17) is 18.9 Å². The summed E-state index contributed by atoms with van der Waals surface area (Å²) in [5.74, 6) is -0.554. The van der Waals surface area contributed by atoms with Crippen LogP contribution in [0, 0.1) is 0 Å². The summed E-state index contributed by atoms with van der Waals surface area (Å²) in [6.45, 7) is 4.66. The molecule has 0 bridgehead atoms. The number of carboxylic acid groups (broad SMARTS) is 2. The van der Waals surface area contributed by atoms with Gasteiger partial charge in [-0.1, -0.05) is 26.0 Å². The van der Waals surface area contributed by atoms with Crippen LogP contribution in [0.3, 0.4) is 0 Å². The number of carboxylic acids is 2. The third kappa shape index (κ3) is 5.71. The van der Waals surface area contributed by atoms with Crippen molar-refractivity contribution in [3.05, 3.63) is 59.7 Å². The molecular formula is C28H30O8. The average molecular weight is 495 g/mol. The highest BCUT2D eigenvalue weighted by atomic mass is 16.5. The first-order valence-corrected chi connectivity index (χ1v) is 11.6. The van der Waals surface area contributed by atoms with Crippen molar-refractivity contribution < 1.29 is 38.7 Å². The molecule has 0 unspecified atom stereocenters. The molecule has 2 N–H and O–H groups in total. The van der Waals surface area contributed by atoms with Gasteiger partial charge in [-0.15, -0.1) is 0 Å². The maximum absolute atomic E-state index is 11.6. The van der Waals surface area contributed by atoms with E-state index in [1.807, 2.05) is 13.8 Å². The molecule has 3 aromatic rings. The van der Waals surface area contributed by atoms with Gasteiger partial charge >= 0.3 is 11.9 Å². The van der Waals surface area contributed by atoms with Crippen LogP contribution in [0.15, 0.2) is 48.5 Å². The minimum Gasteiger partial charge on any atom is -0.496 e. The Labute approximate surface area is 210 Å². The van der Waals surface area contributed by atoms with Gasteiger partial charge in [0.2, 0.25) is 0 Å². The van der Waals surface area contributed by atoms with Crippen molar-refractivity contribution in [1.29, 1.82) is 0 Å². The van der Waals surface area contributed by atoms with E-state index in [0.717, 1.165) is 12.8 Å². The zero-order valence-electron chi connectivity index (χ0n) is 20.8. The van der Waals surface area contributed by atoms with Crippen LogP contribution in [0.1, 0.15) is 47.4 Å². The van der Waals surface area contributed by atoms with Gasteiger partial charge in [-0.25, -0.2) is 9.59 Å². The van der Waals surface area contributed by atoms with Crippen molar-refractivity contribution in [3.8, 4) is 45.3 Å². The number of aromatic carboxylic acids is 2. The van der Waals surface area contributed by atoms with Crippen LogP contribution in [-0.4, -0.2) is 49.6 Å². The molecule has 0 aliphatic carbocycles. The Morgan fingerprint density at radius 3 is 1.33 bits per heavy atom. The van der Waals surface area contributed by atoms with Gasteiger partial charge < -0.3 is 29.2 Å². The van der Waals surface area contributed by atoms with E-state index in [0.29, 0.717) is 47.0 Å². The topological polar surface area (TPSA) is 112 Å². The Kier molecular flexibility index (Phi) is 8.78. The molecule has 0 aromatic heterocycles. The highest BCUT2D eigenvalue weighted by Gasteiger charge is 2.20. The number of hydrogen-bond acceptors (Lipinski definition) is 6. The van der Waals surface area contributed by atoms with E-state index in [2.05, 4.69) is 0 Å². The summed E-state index contributed by atoms with van der Waals surface area (Å²) >= 11 is 0. The fourth-order valence-corrected chi connectivity index (χ4v) is 3.74. The molecule has 0 aliphatic heterocycles. The summed E-state index contributed by atoms with van der Waals surface area (Å²) in [4.78, 5) is 23.3. The molecule has 36 heavy (non-hydrogen) atoms. The molecule has 0 saturated carbocycles. The summed E-state index contributed by atoms with van der Waals surface area (Å²) in [6.07, 6.45) is 1.47. The van der Waals surface area contributed by atoms with Crippen LogP contribution in [0.5, 0.6) is 23.0 Å². The summed E-state index contributed by atoms with van der Waals surface area (Å²) in [5, 5.41) is 19.1. The number of methoxy groups -OCH3 is 2. The molecule has 0 heterocycles. The molecule has 0 spiro atoms. The van der Waals surface area contributed by atoms with E-state index in [9.17, 15) is 19.8 Å². The van der Waals surface area contributed by atoms with Crippen LogP contribution in [0.25, 0.3) is 22.3 Å². The van der Waals surface area contributed by atoms with E-state index in [1.165, 1.54) is 12.1 Å². The fourth-order valence-electron chi connectivity index (χ4n) is 3.74. The predicted octanol–water partition coefficient (Wildman–Crippen LogP) is 6.01. The van der Waals surface area contributed by atoms with Gasteiger partial charge in [0.1, 0.15) is 34.1 Å². The number of ether oxygens (including phenoxy) is 4. The second-order valence-electron chi connectivity index (χ2n) is 7.98. The smallest absolute Gasteiger partial charge is 0.339 e. The lowest BCUT2D eigenvalue weighted by Gasteiger charge is -2.17. The van der Waals surface area contributed by atoms with Crippen molar-refractivity contribution >= 4 is 11.9 Å². The second kappa shape index (κ2) is 12.0. The van der Waals surface area contributed by atoms with E-state index in [1.54, 1.807) is 50.6 Å². The van der Waals surface area contributed by atoms with Crippen molar-refractivity contribution in [3.63, 3.8) is 0 Å². The minimum atomic E-state index is -1.07. The van der Waals surface area contributed by atoms with E-state index < -0.39 is 11.9 Å². The lowest BCUT2D eigenvalue weighted by molar-refractivity contribution is 0.0681. The van der Waals surface area contributed by atoms with Crippen LogP contribution in [0.4, 0.5) is 0 Å². The normalized spacial score (nSPS) is 10.6. The Morgan fingerprint density at radius 1 is 0.639 bits per heavy atom. The first kappa shape index (κ1) is 26.4. The SMILES string of the molecule is CCCOc1cc(-c2cc(OC)c(-c3ccc(C(=O)O)c(OCCC)c3)cc2OC)ccc1C(=O)O. The summed E-state index contributed by atoms with van der Waals surface area (Å²) in [7, 11) is 3.08. The maximum atomic E-state index is 11.6. The molecule has 8 nitrogen and oxygen atoms in total. The zero-order valence-corrected chi connectivity index (χ0v) is 20.8. The van der Waals surface area contributed by atoms with Gasteiger partial charge in [0.25, 0.3) is 0 Å². The summed E-state index contributed by atoms with van der Waals surface area (Å²) < 4.78 is 22.7. The largest absolute Gasteiger partial charge is 0.496 e. The van der Waals surface area contributed by atoms with Crippen LogP contribution >= 0.6 is 0 Å². The first-order valence-electron chi connectivity index (χ1n) is 11.6. The average Bonchev–Trinajstić information content (AvgIpc) is 2.89. The molecule has 0 aliphatic rings. The van der Waals surface area contributed by atoms with Gasteiger partial charge in [-0.05, 0) is 60.4 Å². The molecular weight excluding hydrogens is 464 g/mol. The quantitative estimate of drug-likeness (QED) is 0.315. The Hall–Kier alpha value is -4.20. The molecule has 190 valence electrons. The lowest BCUT2D eigenvalue weighted by atomic mass is 9.96. The van der Waals surface area contributed by atoms with Crippen molar-refractivity contribution in [1.82, 2.24) is 0 Å². The molecule has 0 radical (unpaired) electrons. The molecule has 0 saturated heterocycles. The van der Waals surface area contributed by atoms with Crippen LogP contribution < -0.4 is 18.9 Å². The van der Waals surface area contributed by atoms with Crippen LogP contribution in [-0.2, 0) is 0 Å². The fraction of sp³-hybridized carbons (Fsp3) is 0.286. The van der Waals surface area contributed by atoms with Crippen molar-refractivity contribution in [2.75, 3.05) is 27.4 Å². The highest BCUT2D eigenvalue weighted by molar-refractivity contribution is 5.94. The number of hydrogen-bond donors (Lipinski definition) is 2. The molecule has 0 atom stereocenters. The van der Waals surface area contributed by atoms with Gasteiger partial charge in [-0.3, -0.25) is 0 Å². The third-order valence-corrected chi connectivity index (χ3v) is 5.49. The zero-order chi connectivity index (χ0) is 26.2. The van der Waals surface area contributed by atoms with Gasteiger partial charge in [0.15, 0.2) is 0 Å². The van der Waals surface area contributed by atoms with E-state index in [-0.39, 0.29) is 22.6 Å². The maximum Gasteiger partial charge on any atom is 0.339 e. The Bertz CT molecular complexity index is 1150. The van der Waals surface area contributed by atoms with Gasteiger partial charge in [-0.2, -0.15) is 0 Å².